The largest absolute Gasteiger partial charge is 0.480 e. The first-order chi connectivity index (χ1) is 17.2. The third kappa shape index (κ3) is 7.51. The fraction of sp³-hybridized carbons (Fsp3) is 0.125. The second-order valence-corrected chi connectivity index (χ2v) is 10.8. The summed E-state index contributed by atoms with van der Waals surface area (Å²) < 4.78 is 54.7. The highest BCUT2D eigenvalue weighted by atomic mass is 32.2. The lowest BCUT2D eigenvalue weighted by atomic mass is 9.96. The van der Waals surface area contributed by atoms with Crippen LogP contribution in [0.2, 0.25) is 0 Å². The van der Waals surface area contributed by atoms with Crippen LogP contribution in [0.1, 0.15) is 17.5 Å². The smallest absolute Gasteiger partial charge is 0.327 e. The van der Waals surface area contributed by atoms with Crippen molar-refractivity contribution >= 4 is 37.5 Å². The number of sulfonamides is 1. The van der Waals surface area contributed by atoms with Crippen LogP contribution in [0, 0.1) is 34.9 Å². The average molecular weight is 541 g/mol. The Kier molecular flexibility index (Phi) is 7.82. The van der Waals surface area contributed by atoms with Gasteiger partial charge in [0.25, 0.3) is 20.1 Å². The molecule has 13 heteroatoms. The summed E-state index contributed by atoms with van der Waals surface area (Å²) in [5.74, 6) is 11.5. The standard InChI is InChI=1S/C24H20N4O7S2/c25-19-6-7-21(18-9-15(10-20(26)13-18)3-1-2-8-36(27,31)32)17(12-19)5-4-16-11-22(37(33,34)35)23(24(29)30)28-14-16/h6-7,9-10,12-14,22-23,28H,11,25-26H2,(H,29,30)(H2,27,31,32)(H,33,34,35)/t22-,23+/m1/s1. The number of nitrogens with one attached hydrogen (secondary N) is 1. The Hall–Kier alpha value is -4.45. The number of allylic oxidation sites excluding steroid dienone is 1. The number of nitrogens with two attached hydrogens (primary N) is 3. The molecule has 0 saturated heterocycles. The van der Waals surface area contributed by atoms with Gasteiger partial charge in [0.05, 0.1) is 5.25 Å². The molecular formula is C24H20N4O7S2. The SMILES string of the molecule is Nc1cc(C#CC#CS(N)(=O)=O)cc(-c2ccc(N)cc2C#CC2=CN[C@H](C(=O)O)[C@H](S(=O)(=O)O)C2)c1. The number of nitrogen functional groups attached to an aromatic ring is 2. The Bertz CT molecular complexity index is 1710. The molecule has 2 aromatic rings. The van der Waals surface area contributed by atoms with E-state index in [-0.39, 0.29) is 12.0 Å². The fourth-order valence-corrected chi connectivity index (χ4v) is 4.55. The van der Waals surface area contributed by atoms with Crippen molar-refractivity contribution in [2.75, 3.05) is 11.5 Å². The maximum atomic E-state index is 11.7. The van der Waals surface area contributed by atoms with Crippen LogP contribution < -0.4 is 21.9 Å². The molecule has 0 spiro atoms. The summed E-state index contributed by atoms with van der Waals surface area (Å²) in [7, 11) is -8.65. The number of carbonyl (C=O) groups is 1. The lowest BCUT2D eigenvalue weighted by Crippen LogP contribution is -2.50. The number of primary sulfonamides is 1. The monoisotopic (exact) mass is 540 g/mol. The van der Waals surface area contributed by atoms with E-state index in [2.05, 4.69) is 34.9 Å². The van der Waals surface area contributed by atoms with Gasteiger partial charge in [0.2, 0.25) is 0 Å². The van der Waals surface area contributed by atoms with Crippen molar-refractivity contribution in [1.29, 1.82) is 0 Å². The molecule has 2 atom stereocenters. The predicted octanol–water partition coefficient (Wildman–Crippen LogP) is 0.0572. The summed E-state index contributed by atoms with van der Waals surface area (Å²) in [5.41, 5.74) is 15.0. The van der Waals surface area contributed by atoms with Gasteiger partial charge in [-0.3, -0.25) is 4.55 Å². The minimum absolute atomic E-state index is 0.251. The van der Waals surface area contributed by atoms with Gasteiger partial charge < -0.3 is 21.9 Å². The summed E-state index contributed by atoms with van der Waals surface area (Å²) in [6.45, 7) is 0. The zero-order chi connectivity index (χ0) is 27.4. The maximum Gasteiger partial charge on any atom is 0.327 e. The highest BCUT2D eigenvalue weighted by Crippen LogP contribution is 2.28. The van der Waals surface area contributed by atoms with Crippen LogP contribution in [-0.4, -0.2) is 43.8 Å². The molecule has 0 radical (unpaired) electrons. The summed E-state index contributed by atoms with van der Waals surface area (Å²) in [6, 6.07) is 8.29. The van der Waals surface area contributed by atoms with Gasteiger partial charge in [0.1, 0.15) is 11.3 Å². The van der Waals surface area contributed by atoms with Crippen LogP contribution in [0.15, 0.2) is 48.2 Å². The summed E-state index contributed by atoms with van der Waals surface area (Å²) >= 11 is 0. The minimum atomic E-state index is -4.67. The van der Waals surface area contributed by atoms with E-state index < -0.39 is 37.4 Å². The highest BCUT2D eigenvalue weighted by Gasteiger charge is 2.39. The molecule has 0 bridgehead atoms. The van der Waals surface area contributed by atoms with Crippen LogP contribution in [0.25, 0.3) is 11.1 Å². The van der Waals surface area contributed by atoms with E-state index in [1.54, 1.807) is 41.7 Å². The minimum Gasteiger partial charge on any atom is -0.480 e. The van der Waals surface area contributed by atoms with E-state index in [0.29, 0.717) is 33.6 Å². The molecule has 2 aromatic carbocycles. The van der Waals surface area contributed by atoms with Gasteiger partial charge >= 0.3 is 5.97 Å². The Morgan fingerprint density at radius 3 is 2.35 bits per heavy atom. The van der Waals surface area contributed by atoms with Crippen molar-refractivity contribution in [1.82, 2.24) is 5.32 Å². The number of carboxylic acid groups (broad SMARTS) is 1. The number of benzene rings is 2. The Morgan fingerprint density at radius 1 is 0.973 bits per heavy atom. The van der Waals surface area contributed by atoms with Gasteiger partial charge in [0.15, 0.2) is 0 Å². The van der Waals surface area contributed by atoms with Crippen LogP contribution in [0.4, 0.5) is 11.4 Å². The van der Waals surface area contributed by atoms with E-state index >= 15 is 0 Å². The average Bonchev–Trinajstić information content (AvgIpc) is 2.79. The summed E-state index contributed by atoms with van der Waals surface area (Å²) in [5, 5.41) is 16.7. The lowest BCUT2D eigenvalue weighted by molar-refractivity contribution is -0.139. The number of rotatable bonds is 3. The van der Waals surface area contributed by atoms with Crippen molar-refractivity contribution in [2.24, 2.45) is 5.14 Å². The molecule has 0 amide bonds. The fourth-order valence-electron chi connectivity index (χ4n) is 3.43. The van der Waals surface area contributed by atoms with Gasteiger partial charge in [-0.15, -0.1) is 0 Å². The van der Waals surface area contributed by atoms with E-state index in [1.165, 1.54) is 6.20 Å². The quantitative estimate of drug-likeness (QED) is 0.175. The number of carboxylic acids is 1. The lowest BCUT2D eigenvalue weighted by Gasteiger charge is -2.25. The first-order valence-electron chi connectivity index (χ1n) is 10.2. The van der Waals surface area contributed by atoms with Crippen molar-refractivity contribution in [3.05, 3.63) is 59.3 Å². The molecule has 0 unspecified atom stereocenters. The number of aliphatic carboxylic acids is 1. The second-order valence-electron chi connectivity index (χ2n) is 7.83. The first-order valence-corrected chi connectivity index (χ1v) is 13.3. The van der Waals surface area contributed by atoms with Crippen molar-refractivity contribution in [3.8, 4) is 46.0 Å². The van der Waals surface area contributed by atoms with E-state index in [1.807, 2.05) is 0 Å². The van der Waals surface area contributed by atoms with E-state index in [4.69, 9.17) is 16.6 Å². The summed E-state index contributed by atoms with van der Waals surface area (Å²) in [4.78, 5) is 11.3. The molecule has 9 N–H and O–H groups in total. The van der Waals surface area contributed by atoms with Gasteiger partial charge in [-0.05, 0) is 47.4 Å². The maximum absolute atomic E-state index is 11.7. The molecule has 0 saturated carbocycles. The zero-order valence-electron chi connectivity index (χ0n) is 18.9. The molecule has 1 aliphatic heterocycles. The predicted molar refractivity (Wildman–Crippen MR) is 138 cm³/mol. The normalized spacial score (nSPS) is 16.9. The van der Waals surface area contributed by atoms with E-state index in [9.17, 15) is 31.3 Å². The molecule has 0 fully saturated rings. The highest BCUT2D eigenvalue weighted by molar-refractivity contribution is 7.93. The Balaban J connectivity index is 2.01. The molecule has 1 heterocycles. The second kappa shape index (κ2) is 10.7. The molecule has 190 valence electrons. The summed E-state index contributed by atoms with van der Waals surface area (Å²) in [6.07, 6.45) is 0.973. The number of anilines is 2. The number of hydrogen-bond acceptors (Lipinski definition) is 8. The van der Waals surface area contributed by atoms with Crippen LogP contribution in [0.5, 0.6) is 0 Å². The Morgan fingerprint density at radius 2 is 1.70 bits per heavy atom. The van der Waals surface area contributed by atoms with Crippen LogP contribution in [0.3, 0.4) is 0 Å². The topological polar surface area (TPSA) is 216 Å². The van der Waals surface area contributed by atoms with Crippen molar-refractivity contribution < 1.29 is 31.3 Å². The van der Waals surface area contributed by atoms with Gasteiger partial charge in [0, 0.05) is 46.6 Å². The van der Waals surface area contributed by atoms with Gasteiger partial charge in [-0.25, -0.2) is 9.93 Å². The van der Waals surface area contributed by atoms with Crippen molar-refractivity contribution in [3.63, 3.8) is 0 Å². The van der Waals surface area contributed by atoms with Crippen LogP contribution >= 0.6 is 0 Å². The van der Waals surface area contributed by atoms with Crippen LogP contribution in [-0.2, 0) is 24.9 Å². The van der Waals surface area contributed by atoms with Gasteiger partial charge in [-0.2, -0.15) is 16.8 Å². The Labute approximate surface area is 213 Å². The molecule has 11 nitrogen and oxygen atoms in total. The molecule has 1 aliphatic rings. The number of hydrogen-bond donors (Lipinski definition) is 6. The van der Waals surface area contributed by atoms with Gasteiger partial charge in [-0.1, -0.05) is 23.8 Å². The van der Waals surface area contributed by atoms with E-state index in [0.717, 1.165) is 0 Å². The third-order valence-corrected chi connectivity index (χ3v) is 6.60. The molecule has 37 heavy (non-hydrogen) atoms. The zero-order valence-corrected chi connectivity index (χ0v) is 20.5. The molecule has 0 aliphatic carbocycles. The molecular weight excluding hydrogens is 520 g/mol. The first kappa shape index (κ1) is 27.1. The third-order valence-electron chi connectivity index (χ3n) is 5.01. The molecule has 3 rings (SSSR count). The molecule has 0 aromatic heterocycles. The van der Waals surface area contributed by atoms with Crippen molar-refractivity contribution in [2.45, 2.75) is 17.7 Å².